The van der Waals surface area contributed by atoms with Crippen LogP contribution in [0.1, 0.15) is 24.2 Å². The van der Waals surface area contributed by atoms with E-state index in [9.17, 15) is 4.39 Å². The standard InChI is InChI=1S/C22H23FN8/c1-25-15-6-13(23)5-14-18-20(30-19(14)15)28-17(4-12-7-26-11-27-8-12)29-21(18)31-9-16(24)22(10-31)2-3-22/h5-8,11,16,25H,2-4,9-10,24H2,1H3,(H,28,29,30). The lowest BCUT2D eigenvalue weighted by molar-refractivity contribution is 0.499. The number of anilines is 2. The number of hydrogen-bond acceptors (Lipinski definition) is 7. The minimum atomic E-state index is -0.300. The average Bonchev–Trinajstić information content (AvgIpc) is 3.35. The van der Waals surface area contributed by atoms with Crippen LogP contribution in [0.5, 0.6) is 0 Å². The third-order valence-corrected chi connectivity index (χ3v) is 6.70. The van der Waals surface area contributed by atoms with Crippen molar-refractivity contribution in [1.29, 1.82) is 0 Å². The highest BCUT2D eigenvalue weighted by atomic mass is 19.1. The summed E-state index contributed by atoms with van der Waals surface area (Å²) in [6, 6.07) is 3.16. The van der Waals surface area contributed by atoms with Crippen molar-refractivity contribution in [2.45, 2.75) is 25.3 Å². The van der Waals surface area contributed by atoms with Gasteiger partial charge in [0.05, 0.1) is 16.6 Å². The molecule has 9 heteroatoms. The van der Waals surface area contributed by atoms with Gasteiger partial charge < -0.3 is 20.9 Å². The van der Waals surface area contributed by atoms with Crippen molar-refractivity contribution in [1.82, 2.24) is 24.9 Å². The molecule has 8 nitrogen and oxygen atoms in total. The van der Waals surface area contributed by atoms with E-state index >= 15 is 0 Å². The van der Waals surface area contributed by atoms with Gasteiger partial charge in [-0.25, -0.2) is 24.3 Å². The Labute approximate surface area is 178 Å². The predicted molar refractivity (Wildman–Crippen MR) is 118 cm³/mol. The van der Waals surface area contributed by atoms with Gasteiger partial charge in [0.25, 0.3) is 0 Å². The van der Waals surface area contributed by atoms with E-state index in [-0.39, 0.29) is 17.3 Å². The number of rotatable bonds is 4. The molecule has 1 saturated heterocycles. The molecule has 1 atom stereocenters. The molecule has 4 aromatic rings. The van der Waals surface area contributed by atoms with Crippen molar-refractivity contribution in [3.63, 3.8) is 0 Å². The Morgan fingerprint density at radius 1 is 1.26 bits per heavy atom. The summed E-state index contributed by atoms with van der Waals surface area (Å²) in [6.45, 7) is 1.61. The highest BCUT2D eigenvalue weighted by molar-refractivity contribution is 6.14. The van der Waals surface area contributed by atoms with E-state index in [2.05, 4.69) is 25.2 Å². The van der Waals surface area contributed by atoms with Crippen LogP contribution in [0.15, 0.2) is 30.9 Å². The van der Waals surface area contributed by atoms with Crippen molar-refractivity contribution in [3.05, 3.63) is 48.1 Å². The van der Waals surface area contributed by atoms with Crippen LogP contribution >= 0.6 is 0 Å². The second-order valence-corrected chi connectivity index (χ2v) is 8.71. The molecule has 6 rings (SSSR count). The van der Waals surface area contributed by atoms with Gasteiger partial charge in [-0.3, -0.25) is 0 Å². The first-order valence-corrected chi connectivity index (χ1v) is 10.5. The van der Waals surface area contributed by atoms with Gasteiger partial charge in [-0.1, -0.05) is 0 Å². The van der Waals surface area contributed by atoms with Crippen molar-refractivity contribution in [2.24, 2.45) is 11.1 Å². The summed E-state index contributed by atoms with van der Waals surface area (Å²) in [5.41, 5.74) is 9.81. The van der Waals surface area contributed by atoms with E-state index in [1.807, 2.05) is 0 Å². The summed E-state index contributed by atoms with van der Waals surface area (Å²) < 4.78 is 14.4. The van der Waals surface area contributed by atoms with Crippen molar-refractivity contribution >= 4 is 33.4 Å². The second-order valence-electron chi connectivity index (χ2n) is 8.71. The second kappa shape index (κ2) is 6.58. The van der Waals surface area contributed by atoms with Crippen molar-refractivity contribution < 1.29 is 4.39 Å². The van der Waals surface area contributed by atoms with Crippen LogP contribution in [-0.4, -0.2) is 51.1 Å². The first-order chi connectivity index (χ1) is 15.1. The van der Waals surface area contributed by atoms with Gasteiger partial charge in [-0.05, 0) is 30.5 Å². The third-order valence-electron chi connectivity index (χ3n) is 6.70. The first-order valence-electron chi connectivity index (χ1n) is 10.5. The summed E-state index contributed by atoms with van der Waals surface area (Å²) in [7, 11) is 1.78. The normalized spacial score (nSPS) is 19.6. The Balaban J connectivity index is 1.56. The zero-order valence-corrected chi connectivity index (χ0v) is 17.2. The quantitative estimate of drug-likeness (QED) is 0.467. The molecular weight excluding hydrogens is 395 g/mol. The molecule has 0 bridgehead atoms. The number of aromatic nitrogens is 5. The van der Waals surface area contributed by atoms with Gasteiger partial charge >= 0.3 is 0 Å². The summed E-state index contributed by atoms with van der Waals surface area (Å²) in [5.74, 6) is 1.18. The van der Waals surface area contributed by atoms with Crippen LogP contribution in [0.4, 0.5) is 15.9 Å². The first kappa shape index (κ1) is 18.4. The van der Waals surface area contributed by atoms with E-state index in [0.717, 1.165) is 53.6 Å². The number of benzene rings is 1. The van der Waals surface area contributed by atoms with Crippen LogP contribution in [0, 0.1) is 11.2 Å². The molecule has 2 aliphatic rings. The molecule has 0 amide bonds. The molecule has 1 unspecified atom stereocenters. The highest BCUT2D eigenvalue weighted by Gasteiger charge is 2.54. The molecule has 31 heavy (non-hydrogen) atoms. The van der Waals surface area contributed by atoms with E-state index < -0.39 is 0 Å². The molecule has 4 heterocycles. The molecule has 1 aliphatic heterocycles. The smallest absolute Gasteiger partial charge is 0.144 e. The maximum absolute atomic E-state index is 14.4. The number of nitrogens with two attached hydrogens (primary N) is 1. The summed E-state index contributed by atoms with van der Waals surface area (Å²) in [4.78, 5) is 23.6. The molecule has 4 N–H and O–H groups in total. The molecule has 1 aromatic carbocycles. The fourth-order valence-corrected chi connectivity index (χ4v) is 4.84. The van der Waals surface area contributed by atoms with Crippen LogP contribution in [-0.2, 0) is 6.42 Å². The van der Waals surface area contributed by atoms with E-state index in [0.29, 0.717) is 23.6 Å². The fourth-order valence-electron chi connectivity index (χ4n) is 4.84. The lowest BCUT2D eigenvalue weighted by Crippen LogP contribution is -2.30. The number of fused-ring (bicyclic) bond motifs is 3. The van der Waals surface area contributed by atoms with Gasteiger partial charge in [0.15, 0.2) is 0 Å². The summed E-state index contributed by atoms with van der Waals surface area (Å²) >= 11 is 0. The lowest BCUT2D eigenvalue weighted by atomic mass is 10.0. The van der Waals surface area contributed by atoms with Gasteiger partial charge in [0.1, 0.15) is 29.4 Å². The van der Waals surface area contributed by atoms with Gasteiger partial charge in [-0.15, -0.1) is 0 Å². The zero-order chi connectivity index (χ0) is 21.2. The monoisotopic (exact) mass is 418 g/mol. The van der Waals surface area contributed by atoms with Crippen LogP contribution in [0.3, 0.4) is 0 Å². The minimum Gasteiger partial charge on any atom is -0.386 e. The number of hydrogen-bond donors (Lipinski definition) is 3. The number of aromatic amines is 1. The Hall–Kier alpha value is -3.33. The number of nitrogens with zero attached hydrogens (tertiary/aromatic N) is 5. The molecule has 158 valence electrons. The predicted octanol–water partition coefficient (Wildman–Crippen LogP) is 2.60. The average molecular weight is 418 g/mol. The SMILES string of the molecule is CNc1cc(F)cc2c1[nH]c1nc(Cc3cncnc3)nc(N3CC(N)C4(CC4)C3)c12. The Morgan fingerprint density at radius 3 is 2.77 bits per heavy atom. The van der Waals surface area contributed by atoms with Gasteiger partial charge in [0.2, 0.25) is 0 Å². The van der Waals surface area contributed by atoms with Crippen LogP contribution < -0.4 is 16.0 Å². The van der Waals surface area contributed by atoms with Gasteiger partial charge in [-0.2, -0.15) is 0 Å². The van der Waals surface area contributed by atoms with E-state index in [4.69, 9.17) is 15.7 Å². The van der Waals surface area contributed by atoms with E-state index in [1.54, 1.807) is 25.5 Å². The molecule has 2 fully saturated rings. The molecule has 1 spiro atoms. The fraction of sp³-hybridized carbons (Fsp3) is 0.364. The Bertz CT molecular complexity index is 1300. The maximum atomic E-state index is 14.4. The van der Waals surface area contributed by atoms with Crippen molar-refractivity contribution in [2.75, 3.05) is 30.4 Å². The van der Waals surface area contributed by atoms with Crippen molar-refractivity contribution in [3.8, 4) is 0 Å². The summed E-state index contributed by atoms with van der Waals surface area (Å²) in [5, 5.41) is 4.69. The topological polar surface area (TPSA) is 109 Å². The molecule has 1 saturated carbocycles. The van der Waals surface area contributed by atoms with Crippen LogP contribution in [0.2, 0.25) is 0 Å². The number of nitrogens with one attached hydrogen (secondary N) is 2. The lowest BCUT2D eigenvalue weighted by Gasteiger charge is -2.19. The van der Waals surface area contributed by atoms with E-state index in [1.165, 1.54) is 12.4 Å². The molecule has 3 aromatic heterocycles. The zero-order valence-electron chi connectivity index (χ0n) is 17.2. The molecule has 1 aliphatic carbocycles. The summed E-state index contributed by atoms with van der Waals surface area (Å²) in [6.07, 6.45) is 7.86. The minimum absolute atomic E-state index is 0.123. The third kappa shape index (κ3) is 2.91. The Morgan fingerprint density at radius 2 is 2.06 bits per heavy atom. The largest absolute Gasteiger partial charge is 0.386 e. The van der Waals surface area contributed by atoms with Crippen LogP contribution in [0.25, 0.3) is 21.9 Å². The molecular formula is C22H23FN8. The number of H-pyrrole nitrogens is 1. The number of halogens is 1. The maximum Gasteiger partial charge on any atom is 0.144 e. The van der Waals surface area contributed by atoms with Gasteiger partial charge in [0, 0.05) is 55.8 Å². The highest BCUT2D eigenvalue weighted by Crippen LogP contribution is 2.53. The Kier molecular flexibility index (Phi) is 3.92. The molecule has 0 radical (unpaired) electrons.